The van der Waals surface area contributed by atoms with E-state index in [-0.39, 0.29) is 0 Å². The lowest BCUT2D eigenvalue weighted by Crippen LogP contribution is -2.47. The first-order chi connectivity index (χ1) is 8.16. The Morgan fingerprint density at radius 1 is 1.24 bits per heavy atom. The van der Waals surface area contributed by atoms with Crippen LogP contribution in [0, 0.1) is 9.49 Å². The zero-order valence-corrected chi connectivity index (χ0v) is 12.8. The number of benzene rings is 1. The van der Waals surface area contributed by atoms with Crippen molar-refractivity contribution in [1.82, 2.24) is 4.90 Å². The predicted molar refractivity (Wildman–Crippen MR) is 80.2 cm³/mol. The summed E-state index contributed by atoms with van der Waals surface area (Å²) in [7, 11) is 0. The van der Waals surface area contributed by atoms with E-state index in [1.54, 1.807) is 11.1 Å². The summed E-state index contributed by atoms with van der Waals surface area (Å²) in [6.45, 7) is 7.28. The van der Waals surface area contributed by atoms with Crippen molar-refractivity contribution in [2.45, 2.75) is 45.2 Å². The Morgan fingerprint density at radius 2 is 2.06 bits per heavy atom. The Hall–Kier alpha value is -0.0900. The van der Waals surface area contributed by atoms with Gasteiger partial charge in [0, 0.05) is 22.7 Å². The van der Waals surface area contributed by atoms with Crippen molar-refractivity contribution in [1.29, 1.82) is 0 Å². The Morgan fingerprint density at radius 3 is 2.88 bits per heavy atom. The van der Waals surface area contributed by atoms with Crippen LogP contribution in [-0.2, 0) is 6.54 Å². The summed E-state index contributed by atoms with van der Waals surface area (Å²) >= 11 is 2.50. The van der Waals surface area contributed by atoms with E-state index in [9.17, 15) is 0 Å². The van der Waals surface area contributed by atoms with Gasteiger partial charge in [-0.05, 0) is 64.5 Å². The summed E-state index contributed by atoms with van der Waals surface area (Å²) in [6, 6.07) is 7.60. The third-order valence-electron chi connectivity index (χ3n) is 4.55. The summed E-state index contributed by atoms with van der Waals surface area (Å²) in [6.07, 6.45) is 2.79. The third-order valence-corrected chi connectivity index (χ3v) is 5.57. The highest BCUT2D eigenvalue weighted by atomic mass is 127. The lowest BCUT2D eigenvalue weighted by Gasteiger charge is -2.46. The maximum atomic E-state index is 2.73. The molecular weight excluding hydrogens is 321 g/mol. The third kappa shape index (κ3) is 2.03. The van der Waals surface area contributed by atoms with Crippen LogP contribution in [0.2, 0.25) is 0 Å². The lowest BCUT2D eigenvalue weighted by atomic mass is 9.79. The van der Waals surface area contributed by atoms with Crippen molar-refractivity contribution in [2.24, 2.45) is 5.92 Å². The molecule has 2 aliphatic rings. The average Bonchev–Trinajstić information content (AvgIpc) is 2.30. The summed E-state index contributed by atoms with van der Waals surface area (Å²) in [4.78, 5) is 2.73. The van der Waals surface area contributed by atoms with Gasteiger partial charge in [-0.3, -0.25) is 4.90 Å². The van der Waals surface area contributed by atoms with E-state index in [0.717, 1.165) is 12.0 Å². The predicted octanol–water partition coefficient (Wildman–Crippen LogP) is 4.01. The van der Waals surface area contributed by atoms with E-state index in [4.69, 9.17) is 0 Å². The van der Waals surface area contributed by atoms with Crippen LogP contribution >= 0.6 is 22.6 Å². The molecule has 0 amide bonds. The molecule has 0 radical (unpaired) electrons. The van der Waals surface area contributed by atoms with Gasteiger partial charge < -0.3 is 0 Å². The summed E-state index contributed by atoms with van der Waals surface area (Å²) < 4.78 is 1.45. The molecule has 17 heavy (non-hydrogen) atoms. The number of hydrogen-bond donors (Lipinski definition) is 0. The quantitative estimate of drug-likeness (QED) is 0.645. The largest absolute Gasteiger partial charge is 0.295 e. The number of piperidine rings is 1. The van der Waals surface area contributed by atoms with Gasteiger partial charge >= 0.3 is 0 Å². The van der Waals surface area contributed by atoms with Crippen molar-refractivity contribution in [3.05, 3.63) is 32.9 Å². The van der Waals surface area contributed by atoms with E-state index in [2.05, 4.69) is 59.5 Å². The molecular formula is C15H20IN. The van der Waals surface area contributed by atoms with Gasteiger partial charge in [-0.2, -0.15) is 0 Å². The first-order valence-corrected chi connectivity index (χ1v) is 7.76. The molecule has 0 spiro atoms. The van der Waals surface area contributed by atoms with Crippen LogP contribution < -0.4 is 0 Å². The van der Waals surface area contributed by atoms with Crippen LogP contribution in [0.25, 0.3) is 0 Å². The molecule has 0 unspecified atom stereocenters. The first kappa shape index (κ1) is 12.0. The molecule has 3 rings (SSSR count). The molecule has 0 saturated carbocycles. The zero-order valence-electron chi connectivity index (χ0n) is 10.6. The molecule has 2 heteroatoms. The molecule has 1 aromatic carbocycles. The van der Waals surface area contributed by atoms with Gasteiger partial charge in [-0.15, -0.1) is 0 Å². The number of nitrogens with zero attached hydrogens (tertiary/aromatic N) is 1. The van der Waals surface area contributed by atoms with Gasteiger partial charge in [0.05, 0.1) is 0 Å². The second kappa shape index (κ2) is 4.54. The van der Waals surface area contributed by atoms with E-state index < -0.39 is 0 Å². The SMILES string of the molecule is C[C@@H]1CC[C@H]2[C@H](C)c3cccc(I)c3CN2C1. The smallest absolute Gasteiger partial charge is 0.0250 e. The van der Waals surface area contributed by atoms with Gasteiger partial charge in [0.25, 0.3) is 0 Å². The van der Waals surface area contributed by atoms with Gasteiger partial charge in [0.2, 0.25) is 0 Å². The molecule has 92 valence electrons. The van der Waals surface area contributed by atoms with Crippen molar-refractivity contribution < 1.29 is 0 Å². The highest BCUT2D eigenvalue weighted by Gasteiger charge is 2.36. The fraction of sp³-hybridized carbons (Fsp3) is 0.600. The van der Waals surface area contributed by atoms with Crippen molar-refractivity contribution in [3.8, 4) is 0 Å². The molecule has 0 aliphatic carbocycles. The van der Waals surface area contributed by atoms with E-state index in [1.807, 2.05) is 0 Å². The van der Waals surface area contributed by atoms with Gasteiger partial charge in [0.1, 0.15) is 0 Å². The Kier molecular flexibility index (Phi) is 3.20. The standard InChI is InChI=1S/C15H20IN/c1-10-6-7-15-11(2)12-4-3-5-14(16)13(12)9-17(15)8-10/h3-5,10-11,15H,6-9H2,1-2H3/t10-,11-,15+/m1/s1. The second-order valence-electron chi connectivity index (χ2n) is 5.78. The molecule has 0 bridgehead atoms. The molecule has 1 nitrogen and oxygen atoms in total. The second-order valence-corrected chi connectivity index (χ2v) is 6.94. The molecule has 1 saturated heterocycles. The molecule has 1 fully saturated rings. The van der Waals surface area contributed by atoms with E-state index >= 15 is 0 Å². The molecule has 3 atom stereocenters. The highest BCUT2D eigenvalue weighted by Crippen LogP contribution is 2.40. The summed E-state index contributed by atoms with van der Waals surface area (Å²) in [5.74, 6) is 1.59. The maximum Gasteiger partial charge on any atom is 0.0250 e. The fourth-order valence-electron chi connectivity index (χ4n) is 3.59. The Balaban J connectivity index is 1.99. The minimum Gasteiger partial charge on any atom is -0.295 e. The van der Waals surface area contributed by atoms with Crippen LogP contribution in [-0.4, -0.2) is 17.5 Å². The first-order valence-electron chi connectivity index (χ1n) is 6.68. The topological polar surface area (TPSA) is 3.24 Å². The lowest BCUT2D eigenvalue weighted by molar-refractivity contribution is 0.0789. The Labute approximate surface area is 118 Å². The molecule has 1 aromatic rings. The minimum atomic E-state index is 0.709. The molecule has 0 N–H and O–H groups in total. The molecule has 0 aromatic heterocycles. The monoisotopic (exact) mass is 341 g/mol. The Bertz CT molecular complexity index is 429. The van der Waals surface area contributed by atoms with Crippen molar-refractivity contribution in [3.63, 3.8) is 0 Å². The number of hydrogen-bond acceptors (Lipinski definition) is 1. The number of halogens is 1. The maximum absolute atomic E-state index is 2.73. The fourth-order valence-corrected chi connectivity index (χ4v) is 4.28. The number of rotatable bonds is 0. The summed E-state index contributed by atoms with van der Waals surface area (Å²) in [5.41, 5.74) is 3.19. The average molecular weight is 341 g/mol. The van der Waals surface area contributed by atoms with Crippen LogP contribution in [0.1, 0.15) is 43.7 Å². The van der Waals surface area contributed by atoms with Gasteiger partial charge in [-0.1, -0.05) is 26.0 Å². The van der Waals surface area contributed by atoms with Gasteiger partial charge in [0.15, 0.2) is 0 Å². The minimum absolute atomic E-state index is 0.709. The van der Waals surface area contributed by atoms with Crippen LogP contribution in [0.15, 0.2) is 18.2 Å². The number of fused-ring (bicyclic) bond motifs is 2. The summed E-state index contributed by atoms with van der Waals surface area (Å²) in [5, 5.41) is 0. The van der Waals surface area contributed by atoms with Crippen molar-refractivity contribution in [2.75, 3.05) is 6.54 Å². The van der Waals surface area contributed by atoms with Crippen molar-refractivity contribution >= 4 is 22.6 Å². The normalized spacial score (nSPS) is 33.0. The van der Waals surface area contributed by atoms with E-state index in [1.165, 1.54) is 29.5 Å². The molecule has 2 heterocycles. The zero-order chi connectivity index (χ0) is 12.0. The highest BCUT2D eigenvalue weighted by molar-refractivity contribution is 14.1. The van der Waals surface area contributed by atoms with Crippen LogP contribution in [0.5, 0.6) is 0 Å². The van der Waals surface area contributed by atoms with Gasteiger partial charge in [-0.25, -0.2) is 0 Å². The molecule has 2 aliphatic heterocycles. The van der Waals surface area contributed by atoms with Crippen LogP contribution in [0.4, 0.5) is 0 Å². The van der Waals surface area contributed by atoms with Crippen LogP contribution in [0.3, 0.4) is 0 Å². The van der Waals surface area contributed by atoms with E-state index in [0.29, 0.717) is 5.92 Å².